The van der Waals surface area contributed by atoms with E-state index in [0.29, 0.717) is 0 Å². The molecule has 0 aliphatic carbocycles. The molecule has 1 rings (SSSR count). The zero-order valence-electron chi connectivity index (χ0n) is 4.43. The van der Waals surface area contributed by atoms with Crippen molar-refractivity contribution in [1.29, 1.82) is 0 Å². The number of hydrogen-bond acceptors (Lipinski definition) is 3. The summed E-state index contributed by atoms with van der Waals surface area (Å²) in [7, 11) is 0. The molecule has 1 heterocycles. The van der Waals surface area contributed by atoms with Crippen LogP contribution in [0.4, 0.5) is 4.79 Å². The van der Waals surface area contributed by atoms with Crippen LogP contribution in [0.25, 0.3) is 0 Å². The first-order chi connectivity index (χ1) is 4.24. The number of nitrogens with one attached hydrogen (secondary N) is 1. The molecule has 1 fully saturated rings. The zero-order chi connectivity index (χ0) is 6.85. The summed E-state index contributed by atoms with van der Waals surface area (Å²) in [5, 5.41) is 1.71. The van der Waals surface area contributed by atoms with E-state index in [9.17, 15) is 9.59 Å². The van der Waals surface area contributed by atoms with E-state index in [0.717, 1.165) is 11.8 Å². The molecule has 0 radical (unpaired) electrons. The van der Waals surface area contributed by atoms with Gasteiger partial charge >= 0.3 is 0 Å². The molecule has 1 N–H and O–H groups in total. The summed E-state index contributed by atoms with van der Waals surface area (Å²) < 4.78 is 0. The van der Waals surface area contributed by atoms with Crippen molar-refractivity contribution in [2.24, 2.45) is 0 Å². The highest BCUT2D eigenvalue weighted by Crippen LogP contribution is 2.20. The maximum atomic E-state index is 10.5. The van der Waals surface area contributed by atoms with Crippen molar-refractivity contribution in [1.82, 2.24) is 5.32 Å². The molecule has 1 saturated heterocycles. The second-order valence-electron chi connectivity index (χ2n) is 1.35. The summed E-state index contributed by atoms with van der Waals surface area (Å²) in [6, 6.07) is 0. The molecule has 2 amide bonds. The van der Waals surface area contributed by atoms with Crippen molar-refractivity contribution in [3.63, 3.8) is 0 Å². The van der Waals surface area contributed by atoms with E-state index in [2.05, 4.69) is 17.6 Å². The normalized spacial score (nSPS) is 17.6. The number of thioether (sulfide) groups is 1. The topological polar surface area (TPSA) is 46.2 Å². The predicted octanol–water partition coefficient (Wildman–Crippen LogP) is 0.638. The van der Waals surface area contributed by atoms with Crippen LogP contribution in [-0.2, 0) is 4.79 Å². The lowest BCUT2D eigenvalue weighted by molar-refractivity contribution is -0.115. The van der Waals surface area contributed by atoms with Gasteiger partial charge in [0, 0.05) is 0 Å². The number of rotatable bonds is 0. The highest BCUT2D eigenvalue weighted by Gasteiger charge is 2.24. The van der Waals surface area contributed by atoms with Crippen LogP contribution in [0.1, 0.15) is 0 Å². The van der Waals surface area contributed by atoms with Gasteiger partial charge in [-0.05, 0) is 11.8 Å². The van der Waals surface area contributed by atoms with Crippen LogP contribution in [0.2, 0.25) is 0 Å². The first-order valence-electron chi connectivity index (χ1n) is 2.17. The molecule has 0 aromatic heterocycles. The quantitative estimate of drug-likeness (QED) is 0.397. The van der Waals surface area contributed by atoms with Crippen LogP contribution in [-0.4, -0.2) is 11.1 Å². The van der Waals surface area contributed by atoms with Crippen molar-refractivity contribution >= 4 is 22.9 Å². The molecule has 0 aromatic rings. The van der Waals surface area contributed by atoms with Crippen LogP contribution >= 0.6 is 11.8 Å². The Morgan fingerprint density at radius 2 is 2.22 bits per heavy atom. The fourth-order valence-electron chi connectivity index (χ4n) is 0.430. The summed E-state index contributed by atoms with van der Waals surface area (Å²) in [5.41, 5.74) is 2.34. The number of imide groups is 1. The minimum Gasteiger partial charge on any atom is -0.282 e. The molecule has 9 heavy (non-hydrogen) atoms. The van der Waals surface area contributed by atoms with Crippen molar-refractivity contribution < 1.29 is 9.59 Å². The lowest BCUT2D eigenvalue weighted by Crippen LogP contribution is -2.17. The van der Waals surface area contributed by atoms with Crippen molar-refractivity contribution in [2.45, 2.75) is 0 Å². The van der Waals surface area contributed by atoms with Gasteiger partial charge in [-0.2, -0.15) is 0 Å². The Morgan fingerprint density at radius 3 is 2.44 bits per heavy atom. The molecule has 0 atom stereocenters. The first kappa shape index (κ1) is 6.13. The van der Waals surface area contributed by atoms with Gasteiger partial charge in [0.25, 0.3) is 11.1 Å². The van der Waals surface area contributed by atoms with Crippen LogP contribution in [0.15, 0.2) is 17.2 Å². The summed E-state index contributed by atoms with van der Waals surface area (Å²) in [6.07, 6.45) is 0. The maximum Gasteiger partial charge on any atom is 0.291 e. The Morgan fingerprint density at radius 1 is 1.56 bits per heavy atom. The predicted molar refractivity (Wildman–Crippen MR) is 33.8 cm³/mol. The Bertz CT molecular complexity index is 227. The molecule has 46 valence electrons. The number of carbonyl (C=O) groups is 2. The minimum atomic E-state index is -0.403. The summed E-state index contributed by atoms with van der Waals surface area (Å²) in [4.78, 5) is 21.1. The molecule has 3 nitrogen and oxygen atoms in total. The molecule has 1 aliphatic heterocycles. The first-order valence-corrected chi connectivity index (χ1v) is 2.99. The maximum absolute atomic E-state index is 10.5. The van der Waals surface area contributed by atoms with E-state index in [1.807, 2.05) is 0 Å². The molecule has 1 aliphatic rings. The van der Waals surface area contributed by atoms with Gasteiger partial charge in [0.15, 0.2) is 0 Å². The lowest BCUT2D eigenvalue weighted by atomic mass is 10.5. The molecule has 0 aromatic carbocycles. The van der Waals surface area contributed by atoms with Crippen LogP contribution in [0.5, 0.6) is 0 Å². The summed E-state index contributed by atoms with van der Waals surface area (Å²) >= 11 is 0.817. The highest BCUT2D eigenvalue weighted by atomic mass is 32.2. The van der Waals surface area contributed by atoms with E-state index in [-0.39, 0.29) is 10.1 Å². The summed E-state index contributed by atoms with van der Waals surface area (Å²) in [5.74, 6) is -0.403. The van der Waals surface area contributed by atoms with Gasteiger partial charge in [-0.25, -0.2) is 0 Å². The average Bonchev–Trinajstić information content (AvgIpc) is 2.10. The standard InChI is InChI=1S/C5H3NO2S/c1-2-3-4(7)6-5(8)9-3/h1H2,(H,6,7,8). The van der Waals surface area contributed by atoms with Gasteiger partial charge < -0.3 is 0 Å². The molecule has 0 saturated carbocycles. The second-order valence-corrected chi connectivity index (χ2v) is 2.33. The zero-order valence-corrected chi connectivity index (χ0v) is 5.25. The third-order valence-corrected chi connectivity index (χ3v) is 1.60. The van der Waals surface area contributed by atoms with Crippen LogP contribution in [0.3, 0.4) is 0 Å². The van der Waals surface area contributed by atoms with Crippen LogP contribution in [0, 0.1) is 0 Å². The Labute approximate surface area is 55.8 Å². The van der Waals surface area contributed by atoms with Gasteiger partial charge in [0.1, 0.15) is 4.91 Å². The van der Waals surface area contributed by atoms with E-state index in [4.69, 9.17) is 0 Å². The molecular weight excluding hydrogens is 138 g/mol. The summed E-state index contributed by atoms with van der Waals surface area (Å²) in [6.45, 7) is 3.23. The van der Waals surface area contributed by atoms with Gasteiger partial charge in [0.05, 0.1) is 0 Å². The number of amides is 2. The number of carbonyl (C=O) groups excluding carboxylic acids is 2. The van der Waals surface area contributed by atoms with E-state index >= 15 is 0 Å². The fraction of sp³-hybridized carbons (Fsp3) is 0. The largest absolute Gasteiger partial charge is 0.291 e. The second kappa shape index (κ2) is 2.09. The molecular formula is C5H3NO2S. The molecule has 0 unspecified atom stereocenters. The van der Waals surface area contributed by atoms with Gasteiger partial charge in [0.2, 0.25) is 0 Å². The average molecular weight is 141 g/mol. The van der Waals surface area contributed by atoms with Gasteiger partial charge in [-0.3, -0.25) is 14.9 Å². The highest BCUT2D eigenvalue weighted by molar-refractivity contribution is 8.18. The number of hydrogen-bond donors (Lipinski definition) is 1. The van der Waals surface area contributed by atoms with Gasteiger partial charge in [-0.15, -0.1) is 5.73 Å². The lowest BCUT2D eigenvalue weighted by Gasteiger charge is -1.78. The third-order valence-electron chi connectivity index (χ3n) is 0.777. The molecule has 0 spiro atoms. The van der Waals surface area contributed by atoms with E-state index in [1.54, 1.807) is 0 Å². The molecule has 0 bridgehead atoms. The van der Waals surface area contributed by atoms with Crippen molar-refractivity contribution in [3.05, 3.63) is 17.2 Å². The van der Waals surface area contributed by atoms with Crippen molar-refractivity contribution in [3.8, 4) is 0 Å². The van der Waals surface area contributed by atoms with Crippen molar-refractivity contribution in [2.75, 3.05) is 0 Å². The van der Waals surface area contributed by atoms with E-state index < -0.39 is 5.91 Å². The SMILES string of the molecule is C=C=C1SC(=O)NC1=O. The third kappa shape index (κ3) is 1.04. The Balaban J connectivity index is 2.94. The fourth-order valence-corrected chi connectivity index (χ4v) is 0.975. The monoisotopic (exact) mass is 141 g/mol. The Kier molecular flexibility index (Phi) is 1.42. The van der Waals surface area contributed by atoms with Crippen LogP contribution < -0.4 is 5.32 Å². The Hall–Kier alpha value is -0.990. The minimum absolute atomic E-state index is 0.250. The molecule has 4 heteroatoms. The smallest absolute Gasteiger partial charge is 0.282 e. The van der Waals surface area contributed by atoms with E-state index in [1.165, 1.54) is 0 Å². The van der Waals surface area contributed by atoms with Gasteiger partial charge in [-0.1, -0.05) is 6.58 Å².